The Morgan fingerprint density at radius 2 is 1.86 bits per heavy atom. The number of nitrogens with zero attached hydrogens (tertiary/aromatic N) is 2. The van der Waals surface area contributed by atoms with Crippen LogP contribution >= 0.6 is 15.9 Å². The summed E-state index contributed by atoms with van der Waals surface area (Å²) in [6.45, 7) is 0. The van der Waals surface area contributed by atoms with E-state index in [1.54, 1.807) is 18.3 Å². The van der Waals surface area contributed by atoms with Gasteiger partial charge in [0, 0.05) is 22.2 Å². The number of imidazole rings is 1. The molecule has 0 atom stereocenters. The predicted molar refractivity (Wildman–Crippen MR) is 83.8 cm³/mol. The van der Waals surface area contributed by atoms with Gasteiger partial charge in [-0.15, -0.1) is 0 Å². The van der Waals surface area contributed by atoms with Crippen molar-refractivity contribution in [2.75, 3.05) is 0 Å². The highest BCUT2D eigenvalue weighted by atomic mass is 79.9. The SMILES string of the molecule is O=[N+]([O-])c1cccc(-c2ncc(-c3ccc(Br)cc3)[nH]2)c1. The van der Waals surface area contributed by atoms with Gasteiger partial charge in [-0.1, -0.05) is 40.2 Å². The predicted octanol–water partition coefficient (Wildman–Crippen LogP) is 4.41. The standard InChI is InChI=1S/C15H10BrN3O2/c16-12-6-4-10(5-7-12)14-9-17-15(18-14)11-2-1-3-13(8-11)19(20)21/h1-9H,(H,17,18). The van der Waals surface area contributed by atoms with Gasteiger partial charge in [-0.3, -0.25) is 10.1 Å². The number of hydrogen-bond donors (Lipinski definition) is 1. The summed E-state index contributed by atoms with van der Waals surface area (Å²) in [6.07, 6.45) is 1.72. The Kier molecular flexibility index (Phi) is 3.53. The highest BCUT2D eigenvalue weighted by Crippen LogP contribution is 2.25. The summed E-state index contributed by atoms with van der Waals surface area (Å²) >= 11 is 3.39. The summed E-state index contributed by atoms with van der Waals surface area (Å²) in [5.74, 6) is 0.608. The van der Waals surface area contributed by atoms with Crippen LogP contribution in [0.4, 0.5) is 5.69 Å². The van der Waals surface area contributed by atoms with Gasteiger partial charge in [0.2, 0.25) is 0 Å². The van der Waals surface area contributed by atoms with E-state index in [-0.39, 0.29) is 5.69 Å². The van der Waals surface area contributed by atoms with Gasteiger partial charge in [-0.2, -0.15) is 0 Å². The Morgan fingerprint density at radius 3 is 2.57 bits per heavy atom. The minimum atomic E-state index is -0.415. The van der Waals surface area contributed by atoms with Gasteiger partial charge in [0.25, 0.3) is 5.69 Å². The number of aromatic nitrogens is 2. The number of H-pyrrole nitrogens is 1. The van der Waals surface area contributed by atoms with Crippen molar-refractivity contribution >= 4 is 21.6 Å². The first-order valence-electron chi connectivity index (χ1n) is 6.19. The zero-order chi connectivity index (χ0) is 14.8. The van der Waals surface area contributed by atoms with Gasteiger partial charge in [0.1, 0.15) is 5.82 Å². The maximum Gasteiger partial charge on any atom is 0.270 e. The fourth-order valence-corrected chi connectivity index (χ4v) is 2.28. The number of non-ortho nitro benzene ring substituents is 1. The Balaban J connectivity index is 1.96. The molecule has 0 amide bonds. The first-order valence-corrected chi connectivity index (χ1v) is 6.98. The molecule has 0 saturated heterocycles. The lowest BCUT2D eigenvalue weighted by Gasteiger charge is -1.99. The average Bonchev–Trinajstić information content (AvgIpc) is 2.98. The lowest BCUT2D eigenvalue weighted by molar-refractivity contribution is -0.384. The molecule has 0 aliphatic rings. The number of benzene rings is 2. The van der Waals surface area contributed by atoms with Crippen molar-refractivity contribution in [1.29, 1.82) is 0 Å². The van der Waals surface area contributed by atoms with Crippen molar-refractivity contribution in [3.05, 3.63) is 69.3 Å². The molecule has 0 aliphatic heterocycles. The molecular weight excluding hydrogens is 334 g/mol. The molecule has 6 heteroatoms. The zero-order valence-corrected chi connectivity index (χ0v) is 12.4. The first kappa shape index (κ1) is 13.5. The van der Waals surface area contributed by atoms with Crippen molar-refractivity contribution in [3.63, 3.8) is 0 Å². The molecule has 0 bridgehead atoms. The number of nitrogens with one attached hydrogen (secondary N) is 1. The number of aromatic amines is 1. The Bertz CT molecular complexity index is 797. The van der Waals surface area contributed by atoms with Crippen LogP contribution in [0.3, 0.4) is 0 Å². The van der Waals surface area contributed by atoms with Crippen LogP contribution in [-0.4, -0.2) is 14.9 Å². The maximum absolute atomic E-state index is 10.8. The molecule has 0 fully saturated rings. The van der Waals surface area contributed by atoms with E-state index in [1.165, 1.54) is 12.1 Å². The first-order chi connectivity index (χ1) is 10.1. The molecule has 1 aromatic heterocycles. The summed E-state index contributed by atoms with van der Waals surface area (Å²) in [5.41, 5.74) is 2.60. The Labute approximate surface area is 128 Å². The monoisotopic (exact) mass is 343 g/mol. The average molecular weight is 344 g/mol. The third kappa shape index (κ3) is 2.85. The van der Waals surface area contributed by atoms with Gasteiger partial charge in [0.05, 0.1) is 16.8 Å². The van der Waals surface area contributed by atoms with E-state index in [4.69, 9.17) is 0 Å². The van der Waals surface area contributed by atoms with Crippen molar-refractivity contribution in [2.45, 2.75) is 0 Å². The third-order valence-corrected chi connectivity index (χ3v) is 3.59. The molecule has 3 aromatic rings. The molecule has 21 heavy (non-hydrogen) atoms. The van der Waals surface area contributed by atoms with Crippen LogP contribution in [0.2, 0.25) is 0 Å². The summed E-state index contributed by atoms with van der Waals surface area (Å²) in [6, 6.07) is 14.2. The van der Waals surface area contributed by atoms with E-state index < -0.39 is 4.92 Å². The van der Waals surface area contributed by atoms with Gasteiger partial charge in [0.15, 0.2) is 0 Å². The molecular formula is C15H10BrN3O2. The van der Waals surface area contributed by atoms with Crippen LogP contribution in [0.15, 0.2) is 59.2 Å². The van der Waals surface area contributed by atoms with Gasteiger partial charge in [-0.25, -0.2) is 4.98 Å². The summed E-state index contributed by atoms with van der Waals surface area (Å²) < 4.78 is 1.00. The van der Waals surface area contributed by atoms with E-state index in [0.717, 1.165) is 15.7 Å². The molecule has 104 valence electrons. The summed E-state index contributed by atoms with van der Waals surface area (Å²) in [7, 11) is 0. The van der Waals surface area contributed by atoms with Gasteiger partial charge in [-0.05, 0) is 17.7 Å². The summed E-state index contributed by atoms with van der Waals surface area (Å²) in [5, 5.41) is 10.8. The van der Waals surface area contributed by atoms with E-state index in [9.17, 15) is 10.1 Å². The van der Waals surface area contributed by atoms with Crippen molar-refractivity contribution in [3.8, 4) is 22.6 Å². The smallest absolute Gasteiger partial charge is 0.270 e. The second-order valence-electron chi connectivity index (χ2n) is 4.46. The van der Waals surface area contributed by atoms with E-state index >= 15 is 0 Å². The van der Waals surface area contributed by atoms with Crippen molar-refractivity contribution < 1.29 is 4.92 Å². The third-order valence-electron chi connectivity index (χ3n) is 3.06. The lowest BCUT2D eigenvalue weighted by Crippen LogP contribution is -1.88. The second kappa shape index (κ2) is 5.49. The molecule has 0 aliphatic carbocycles. The molecule has 0 radical (unpaired) electrons. The van der Waals surface area contributed by atoms with E-state index in [2.05, 4.69) is 25.9 Å². The summed E-state index contributed by atoms with van der Waals surface area (Å²) in [4.78, 5) is 17.9. The fraction of sp³-hybridized carbons (Fsp3) is 0. The van der Waals surface area contributed by atoms with E-state index in [0.29, 0.717) is 11.4 Å². The van der Waals surface area contributed by atoms with E-state index in [1.807, 2.05) is 24.3 Å². The number of hydrogen-bond acceptors (Lipinski definition) is 3. The molecule has 0 saturated carbocycles. The minimum absolute atomic E-state index is 0.0501. The molecule has 5 nitrogen and oxygen atoms in total. The lowest BCUT2D eigenvalue weighted by atomic mass is 10.2. The van der Waals surface area contributed by atoms with Crippen LogP contribution < -0.4 is 0 Å². The molecule has 0 unspecified atom stereocenters. The van der Waals surface area contributed by atoms with Gasteiger partial charge < -0.3 is 4.98 Å². The highest BCUT2D eigenvalue weighted by Gasteiger charge is 2.10. The molecule has 1 N–H and O–H groups in total. The largest absolute Gasteiger partial charge is 0.338 e. The molecule has 1 heterocycles. The maximum atomic E-state index is 10.8. The van der Waals surface area contributed by atoms with Crippen molar-refractivity contribution in [2.24, 2.45) is 0 Å². The topological polar surface area (TPSA) is 71.8 Å². The number of nitro groups is 1. The van der Waals surface area contributed by atoms with Crippen molar-refractivity contribution in [1.82, 2.24) is 9.97 Å². The Hall–Kier alpha value is -2.47. The van der Waals surface area contributed by atoms with Crippen LogP contribution in [-0.2, 0) is 0 Å². The number of halogens is 1. The zero-order valence-electron chi connectivity index (χ0n) is 10.8. The Morgan fingerprint density at radius 1 is 1.10 bits per heavy atom. The number of nitro benzene ring substituents is 1. The molecule has 0 spiro atoms. The van der Waals surface area contributed by atoms with Crippen LogP contribution in [0.25, 0.3) is 22.6 Å². The molecule has 3 rings (SSSR count). The normalized spacial score (nSPS) is 10.5. The highest BCUT2D eigenvalue weighted by molar-refractivity contribution is 9.10. The minimum Gasteiger partial charge on any atom is -0.338 e. The second-order valence-corrected chi connectivity index (χ2v) is 5.38. The quantitative estimate of drug-likeness (QED) is 0.565. The van der Waals surface area contributed by atoms with Crippen LogP contribution in [0, 0.1) is 10.1 Å². The fourth-order valence-electron chi connectivity index (χ4n) is 2.01. The molecule has 2 aromatic carbocycles. The van der Waals surface area contributed by atoms with Crippen LogP contribution in [0.5, 0.6) is 0 Å². The van der Waals surface area contributed by atoms with Crippen LogP contribution in [0.1, 0.15) is 0 Å². The van der Waals surface area contributed by atoms with Gasteiger partial charge >= 0.3 is 0 Å². The number of rotatable bonds is 3.